The van der Waals surface area contributed by atoms with Gasteiger partial charge in [0.25, 0.3) is 6.01 Å². The molecule has 1 fully saturated rings. The summed E-state index contributed by atoms with van der Waals surface area (Å²) in [6.45, 7) is 5.76. The third-order valence-electron chi connectivity index (χ3n) is 4.72. The van der Waals surface area contributed by atoms with Gasteiger partial charge in [-0.15, -0.1) is 0 Å². The second-order valence-electron chi connectivity index (χ2n) is 6.75. The highest BCUT2D eigenvalue weighted by Crippen LogP contribution is 2.26. The van der Waals surface area contributed by atoms with Crippen LogP contribution in [0, 0.1) is 5.92 Å². The van der Waals surface area contributed by atoms with Crippen LogP contribution >= 0.6 is 0 Å². The van der Waals surface area contributed by atoms with Crippen molar-refractivity contribution in [2.45, 2.75) is 39.2 Å². The van der Waals surface area contributed by atoms with Gasteiger partial charge in [-0.25, -0.2) is 0 Å². The van der Waals surface area contributed by atoms with E-state index in [-0.39, 0.29) is 17.7 Å². The zero-order chi connectivity index (χ0) is 18.5. The average Bonchev–Trinajstić information content (AvgIpc) is 3.10. The van der Waals surface area contributed by atoms with Crippen molar-refractivity contribution in [1.29, 1.82) is 0 Å². The number of fused-ring (bicyclic) bond motifs is 1. The minimum atomic E-state index is -0.510. The molecule has 2 amide bonds. The van der Waals surface area contributed by atoms with Gasteiger partial charge in [0.1, 0.15) is 11.6 Å². The Morgan fingerprint density at radius 2 is 2.04 bits per heavy atom. The van der Waals surface area contributed by atoms with E-state index in [9.17, 15) is 9.59 Å². The lowest BCUT2D eigenvalue weighted by atomic mass is 9.96. The molecule has 2 N–H and O–H groups in total. The second-order valence-corrected chi connectivity index (χ2v) is 6.75. The van der Waals surface area contributed by atoms with Gasteiger partial charge in [-0.05, 0) is 38.3 Å². The number of hydrogen-bond donors (Lipinski definition) is 2. The number of para-hydroxylation sites is 2. The summed E-state index contributed by atoms with van der Waals surface area (Å²) < 4.78 is 5.80. The molecule has 0 bridgehead atoms. The van der Waals surface area contributed by atoms with Crippen LogP contribution in [0.2, 0.25) is 0 Å². The molecule has 0 radical (unpaired) electrons. The van der Waals surface area contributed by atoms with Crippen molar-refractivity contribution in [2.24, 2.45) is 5.92 Å². The summed E-state index contributed by atoms with van der Waals surface area (Å²) in [5, 5.41) is 5.62. The van der Waals surface area contributed by atoms with Crippen LogP contribution in [0.3, 0.4) is 0 Å². The van der Waals surface area contributed by atoms with Gasteiger partial charge in [0.2, 0.25) is 11.8 Å². The Bertz CT molecular complexity index is 732. The molecule has 0 saturated carbocycles. The Labute approximate surface area is 153 Å². The topological polar surface area (TPSA) is 87.5 Å². The minimum Gasteiger partial charge on any atom is -0.423 e. The number of carbonyl (C=O) groups is 2. The fourth-order valence-corrected chi connectivity index (χ4v) is 3.13. The van der Waals surface area contributed by atoms with Crippen molar-refractivity contribution in [3.8, 4) is 0 Å². The van der Waals surface area contributed by atoms with E-state index in [4.69, 9.17) is 4.42 Å². The minimum absolute atomic E-state index is 0.0543. The molecule has 1 aliphatic rings. The first kappa shape index (κ1) is 18.2. The number of carbonyl (C=O) groups excluding carboxylic acids is 2. The van der Waals surface area contributed by atoms with Crippen molar-refractivity contribution >= 4 is 28.9 Å². The Kier molecular flexibility index (Phi) is 5.75. The van der Waals surface area contributed by atoms with Gasteiger partial charge in [-0.1, -0.05) is 19.1 Å². The van der Waals surface area contributed by atoms with Gasteiger partial charge < -0.3 is 20.0 Å². The van der Waals surface area contributed by atoms with Crippen molar-refractivity contribution in [2.75, 3.05) is 24.5 Å². The third-order valence-corrected chi connectivity index (χ3v) is 4.72. The summed E-state index contributed by atoms with van der Waals surface area (Å²) in [7, 11) is 0. The highest BCUT2D eigenvalue weighted by molar-refractivity contribution is 5.88. The molecule has 1 aromatic carbocycles. The van der Waals surface area contributed by atoms with E-state index < -0.39 is 6.04 Å². The number of nitrogens with zero attached hydrogens (tertiary/aromatic N) is 2. The fourth-order valence-electron chi connectivity index (χ4n) is 3.13. The van der Waals surface area contributed by atoms with E-state index in [2.05, 4.69) is 20.5 Å². The molecular weight excluding hydrogens is 332 g/mol. The van der Waals surface area contributed by atoms with E-state index in [1.165, 1.54) is 0 Å². The summed E-state index contributed by atoms with van der Waals surface area (Å²) in [5.74, 6) is -0.275. The Hall–Kier alpha value is -2.57. The van der Waals surface area contributed by atoms with Crippen molar-refractivity contribution < 1.29 is 14.0 Å². The Morgan fingerprint density at radius 3 is 2.73 bits per heavy atom. The summed E-state index contributed by atoms with van der Waals surface area (Å²) in [6, 6.07) is 7.78. The fraction of sp³-hybridized carbons (Fsp3) is 0.526. The molecule has 1 aliphatic heterocycles. The van der Waals surface area contributed by atoms with Crippen LogP contribution in [0.15, 0.2) is 28.7 Å². The molecule has 3 rings (SSSR count). The second kappa shape index (κ2) is 8.21. The number of oxazole rings is 1. The highest BCUT2D eigenvalue weighted by atomic mass is 16.4. The maximum Gasteiger partial charge on any atom is 0.298 e. The maximum atomic E-state index is 12.4. The number of nitrogens with one attached hydrogen (secondary N) is 2. The lowest BCUT2D eigenvalue weighted by Gasteiger charge is -2.30. The zero-order valence-corrected chi connectivity index (χ0v) is 15.3. The van der Waals surface area contributed by atoms with Gasteiger partial charge in [-0.3, -0.25) is 9.59 Å². The van der Waals surface area contributed by atoms with E-state index in [0.29, 0.717) is 38.5 Å². The third kappa shape index (κ3) is 4.15. The number of amides is 2. The molecular formula is C19H26N4O3. The van der Waals surface area contributed by atoms with E-state index in [1.807, 2.05) is 31.2 Å². The smallest absolute Gasteiger partial charge is 0.298 e. The number of hydrogen-bond acceptors (Lipinski definition) is 5. The molecule has 0 aliphatic carbocycles. The van der Waals surface area contributed by atoms with Gasteiger partial charge in [0.15, 0.2) is 5.58 Å². The molecule has 1 aromatic heterocycles. The quantitative estimate of drug-likeness (QED) is 0.825. The van der Waals surface area contributed by atoms with Crippen LogP contribution in [0.4, 0.5) is 6.01 Å². The monoisotopic (exact) mass is 358 g/mol. The number of anilines is 1. The van der Waals surface area contributed by atoms with Crippen molar-refractivity contribution in [1.82, 2.24) is 15.6 Å². The number of rotatable bonds is 6. The predicted octanol–water partition coefficient (Wildman–Crippen LogP) is 2.08. The highest BCUT2D eigenvalue weighted by Gasteiger charge is 2.28. The molecule has 0 spiro atoms. The lowest BCUT2D eigenvalue weighted by Crippen LogP contribution is -2.48. The Morgan fingerprint density at radius 1 is 1.31 bits per heavy atom. The van der Waals surface area contributed by atoms with Gasteiger partial charge in [0.05, 0.1) is 0 Å². The first-order chi connectivity index (χ1) is 12.6. The first-order valence-corrected chi connectivity index (χ1v) is 9.27. The lowest BCUT2D eigenvalue weighted by molar-refractivity contribution is -0.131. The predicted molar refractivity (Wildman–Crippen MR) is 99.9 cm³/mol. The number of piperidine rings is 1. The molecule has 0 unspecified atom stereocenters. The van der Waals surface area contributed by atoms with Gasteiger partial charge in [-0.2, -0.15) is 4.98 Å². The molecule has 2 aromatic rings. The zero-order valence-electron chi connectivity index (χ0n) is 15.3. The van der Waals surface area contributed by atoms with Crippen molar-refractivity contribution in [3.05, 3.63) is 24.3 Å². The maximum absolute atomic E-state index is 12.4. The number of aromatic nitrogens is 1. The summed E-state index contributed by atoms with van der Waals surface area (Å²) >= 11 is 0. The molecule has 1 atom stereocenters. The van der Waals surface area contributed by atoms with Crippen LogP contribution in [0.1, 0.15) is 33.1 Å². The van der Waals surface area contributed by atoms with E-state index >= 15 is 0 Å². The Balaban J connectivity index is 1.51. The van der Waals surface area contributed by atoms with Gasteiger partial charge >= 0.3 is 0 Å². The summed E-state index contributed by atoms with van der Waals surface area (Å²) in [5.41, 5.74) is 1.61. The SMILES string of the molecule is CCCNC(=O)[C@H](C)NC(=O)C1CCN(c2nc3ccccc3o2)CC1. The molecule has 7 nitrogen and oxygen atoms in total. The normalized spacial score (nSPS) is 16.5. The summed E-state index contributed by atoms with van der Waals surface area (Å²) in [4.78, 5) is 30.9. The molecule has 140 valence electrons. The summed E-state index contributed by atoms with van der Waals surface area (Å²) in [6.07, 6.45) is 2.31. The van der Waals surface area contributed by atoms with Crippen LogP contribution in [0.5, 0.6) is 0 Å². The van der Waals surface area contributed by atoms with E-state index in [1.54, 1.807) is 6.92 Å². The van der Waals surface area contributed by atoms with Crippen LogP contribution < -0.4 is 15.5 Å². The van der Waals surface area contributed by atoms with Crippen molar-refractivity contribution in [3.63, 3.8) is 0 Å². The first-order valence-electron chi connectivity index (χ1n) is 9.27. The largest absolute Gasteiger partial charge is 0.423 e. The van der Waals surface area contributed by atoms with Crippen LogP contribution in [0.25, 0.3) is 11.1 Å². The number of benzene rings is 1. The van der Waals surface area contributed by atoms with E-state index in [0.717, 1.165) is 17.5 Å². The van der Waals surface area contributed by atoms with Gasteiger partial charge in [0, 0.05) is 25.6 Å². The van der Waals surface area contributed by atoms with Crippen LogP contribution in [-0.2, 0) is 9.59 Å². The molecule has 7 heteroatoms. The standard InChI is InChI=1S/C19H26N4O3/c1-3-10-20-17(24)13(2)21-18(25)14-8-11-23(12-9-14)19-22-15-6-4-5-7-16(15)26-19/h4-7,13-14H,3,8-12H2,1-2H3,(H,20,24)(H,21,25)/t13-/m0/s1. The van der Waals surface area contributed by atoms with Crippen LogP contribution in [-0.4, -0.2) is 42.5 Å². The molecule has 26 heavy (non-hydrogen) atoms. The molecule has 1 saturated heterocycles. The molecule has 2 heterocycles. The average molecular weight is 358 g/mol.